The Morgan fingerprint density at radius 2 is 0.854 bits per heavy atom. The van der Waals surface area contributed by atoms with Crippen LogP contribution in [0.1, 0.15) is 66.5 Å². The molecule has 0 spiro atoms. The standard InChI is InChI=1S/C36H32F6O6/c1-22(2)45-27-14-6-23(7-15-27)31(43)46-28-18-10-25(11-19-28)34(35(37,38)39,36(40,41)42)26-12-20-29(21-13-26)47-32(44)24-8-16-30(17-9-24)48-33(3,4)5/h6-22H,1-5H3. The van der Waals surface area contributed by atoms with E-state index < -0.39 is 46.4 Å². The van der Waals surface area contributed by atoms with E-state index in [1.54, 1.807) is 0 Å². The molecule has 254 valence electrons. The van der Waals surface area contributed by atoms with E-state index in [4.69, 9.17) is 18.9 Å². The molecule has 4 rings (SSSR count). The van der Waals surface area contributed by atoms with Crippen molar-refractivity contribution in [2.24, 2.45) is 0 Å². The molecule has 0 N–H and O–H groups in total. The fourth-order valence-corrected chi connectivity index (χ4v) is 4.81. The molecule has 48 heavy (non-hydrogen) atoms. The van der Waals surface area contributed by atoms with Crippen molar-refractivity contribution in [1.82, 2.24) is 0 Å². The highest BCUT2D eigenvalue weighted by Crippen LogP contribution is 2.56. The number of hydrogen-bond donors (Lipinski definition) is 0. The molecule has 4 aromatic rings. The molecule has 0 fully saturated rings. The van der Waals surface area contributed by atoms with Crippen molar-refractivity contribution in [3.05, 3.63) is 119 Å². The Morgan fingerprint density at radius 3 is 1.17 bits per heavy atom. The zero-order valence-electron chi connectivity index (χ0n) is 26.5. The minimum Gasteiger partial charge on any atom is -0.491 e. The lowest BCUT2D eigenvalue weighted by Gasteiger charge is -2.38. The molecule has 0 aromatic heterocycles. The smallest absolute Gasteiger partial charge is 0.411 e. The zero-order chi connectivity index (χ0) is 35.5. The van der Waals surface area contributed by atoms with Crippen LogP contribution in [-0.2, 0) is 5.41 Å². The van der Waals surface area contributed by atoms with Gasteiger partial charge in [0.2, 0.25) is 5.41 Å². The number of esters is 2. The number of hydrogen-bond acceptors (Lipinski definition) is 6. The molecule has 12 heteroatoms. The second kappa shape index (κ2) is 13.6. The molecule has 4 aromatic carbocycles. The first kappa shape index (κ1) is 35.8. The maximum Gasteiger partial charge on any atom is 0.411 e. The Kier molecular flexibility index (Phi) is 10.2. The summed E-state index contributed by atoms with van der Waals surface area (Å²) in [5.41, 5.74) is -7.13. The van der Waals surface area contributed by atoms with Crippen LogP contribution in [0.2, 0.25) is 0 Å². The predicted octanol–water partition coefficient (Wildman–Crippen LogP) is 9.50. The van der Waals surface area contributed by atoms with Crippen molar-refractivity contribution in [3.8, 4) is 23.0 Å². The second-order valence-corrected chi connectivity index (χ2v) is 12.0. The second-order valence-electron chi connectivity index (χ2n) is 12.0. The van der Waals surface area contributed by atoms with Crippen LogP contribution in [0.3, 0.4) is 0 Å². The molecular formula is C36H32F6O6. The van der Waals surface area contributed by atoms with Gasteiger partial charge in [-0.05, 0) is 119 Å². The summed E-state index contributed by atoms with van der Waals surface area (Å²) in [6, 6.07) is 17.5. The van der Waals surface area contributed by atoms with E-state index in [0.29, 0.717) is 35.8 Å². The van der Waals surface area contributed by atoms with Crippen LogP contribution >= 0.6 is 0 Å². The van der Waals surface area contributed by atoms with Crippen LogP contribution in [0, 0.1) is 0 Å². The van der Waals surface area contributed by atoms with Crippen LogP contribution in [0.4, 0.5) is 26.3 Å². The Labute approximate surface area is 273 Å². The molecule has 0 saturated carbocycles. The van der Waals surface area contributed by atoms with E-state index >= 15 is 0 Å². The third-order valence-electron chi connectivity index (χ3n) is 6.82. The SMILES string of the molecule is CC(C)Oc1ccc(C(=O)Oc2ccc(C(c3ccc(OC(=O)c4ccc(OC(C)(C)C)cc4)cc3)(C(F)(F)F)C(F)(F)F)cc2)cc1. The van der Waals surface area contributed by atoms with E-state index in [0.717, 1.165) is 24.3 Å². The molecule has 0 unspecified atom stereocenters. The normalized spacial score (nSPS) is 12.4. The molecular weight excluding hydrogens is 642 g/mol. The molecule has 0 bridgehead atoms. The summed E-state index contributed by atoms with van der Waals surface area (Å²) in [6.45, 7) is 9.14. The highest BCUT2D eigenvalue weighted by Gasteiger charge is 2.72. The van der Waals surface area contributed by atoms with Crippen molar-refractivity contribution >= 4 is 11.9 Å². The molecule has 0 saturated heterocycles. The number of ether oxygens (including phenoxy) is 4. The fraction of sp³-hybridized carbons (Fsp3) is 0.278. The third-order valence-corrected chi connectivity index (χ3v) is 6.82. The van der Waals surface area contributed by atoms with Gasteiger partial charge < -0.3 is 18.9 Å². The molecule has 0 aliphatic rings. The average Bonchev–Trinajstić information content (AvgIpc) is 2.97. The quantitative estimate of drug-likeness (QED) is 0.100. The third kappa shape index (κ3) is 8.10. The summed E-state index contributed by atoms with van der Waals surface area (Å²) < 4.78 is 109. The lowest BCUT2D eigenvalue weighted by molar-refractivity contribution is -0.288. The Hall–Kier alpha value is -5.00. The van der Waals surface area contributed by atoms with E-state index in [9.17, 15) is 35.9 Å². The molecule has 0 aliphatic carbocycles. The monoisotopic (exact) mass is 674 g/mol. The lowest BCUT2D eigenvalue weighted by Crippen LogP contribution is -2.54. The summed E-state index contributed by atoms with van der Waals surface area (Å²) in [6.07, 6.45) is -11.8. The number of alkyl halides is 6. The van der Waals surface area contributed by atoms with Gasteiger partial charge in [0, 0.05) is 0 Å². The number of benzene rings is 4. The Bertz CT molecular complexity index is 1690. The Balaban J connectivity index is 1.58. The van der Waals surface area contributed by atoms with E-state index in [2.05, 4.69) is 0 Å². The van der Waals surface area contributed by atoms with Crippen LogP contribution < -0.4 is 18.9 Å². The molecule has 0 amide bonds. The van der Waals surface area contributed by atoms with Gasteiger partial charge in [-0.3, -0.25) is 0 Å². The van der Waals surface area contributed by atoms with Gasteiger partial charge in [0.15, 0.2) is 0 Å². The summed E-state index contributed by atoms with van der Waals surface area (Å²) in [5.74, 6) is -1.34. The van der Waals surface area contributed by atoms with Crippen molar-refractivity contribution in [2.75, 3.05) is 0 Å². The molecule has 0 heterocycles. The summed E-state index contributed by atoms with van der Waals surface area (Å²) in [4.78, 5) is 25.2. The van der Waals surface area contributed by atoms with E-state index in [-0.39, 0.29) is 28.7 Å². The highest BCUT2D eigenvalue weighted by molar-refractivity contribution is 5.91. The lowest BCUT2D eigenvalue weighted by atomic mass is 9.73. The summed E-state index contributed by atoms with van der Waals surface area (Å²) in [7, 11) is 0. The van der Waals surface area contributed by atoms with Crippen molar-refractivity contribution in [3.63, 3.8) is 0 Å². The van der Waals surface area contributed by atoms with E-state index in [1.165, 1.54) is 48.5 Å². The first-order valence-electron chi connectivity index (χ1n) is 14.6. The van der Waals surface area contributed by atoms with Gasteiger partial charge in [0.1, 0.15) is 28.6 Å². The predicted molar refractivity (Wildman–Crippen MR) is 165 cm³/mol. The molecule has 0 atom stereocenters. The topological polar surface area (TPSA) is 71.1 Å². The van der Waals surface area contributed by atoms with Crippen molar-refractivity contribution in [2.45, 2.75) is 64.1 Å². The van der Waals surface area contributed by atoms with Gasteiger partial charge in [-0.15, -0.1) is 0 Å². The van der Waals surface area contributed by atoms with Gasteiger partial charge >= 0.3 is 24.3 Å². The molecule has 0 radical (unpaired) electrons. The summed E-state index contributed by atoms with van der Waals surface area (Å²) in [5, 5.41) is 0. The van der Waals surface area contributed by atoms with Crippen LogP contribution in [0.5, 0.6) is 23.0 Å². The van der Waals surface area contributed by atoms with E-state index in [1.807, 2.05) is 34.6 Å². The van der Waals surface area contributed by atoms with Crippen LogP contribution in [-0.4, -0.2) is 36.0 Å². The highest BCUT2D eigenvalue weighted by atomic mass is 19.4. The number of carbonyl (C=O) groups excluding carboxylic acids is 2. The van der Waals surface area contributed by atoms with Gasteiger partial charge in [-0.1, -0.05) is 24.3 Å². The van der Waals surface area contributed by atoms with Gasteiger partial charge in [0.05, 0.1) is 17.2 Å². The average molecular weight is 675 g/mol. The van der Waals surface area contributed by atoms with Crippen molar-refractivity contribution < 1.29 is 54.9 Å². The van der Waals surface area contributed by atoms with Crippen molar-refractivity contribution in [1.29, 1.82) is 0 Å². The largest absolute Gasteiger partial charge is 0.491 e. The fourth-order valence-electron chi connectivity index (χ4n) is 4.81. The van der Waals surface area contributed by atoms with Crippen LogP contribution in [0.15, 0.2) is 97.1 Å². The van der Waals surface area contributed by atoms with Gasteiger partial charge in [0.25, 0.3) is 0 Å². The molecule has 0 aliphatic heterocycles. The van der Waals surface area contributed by atoms with Crippen LogP contribution in [0.25, 0.3) is 0 Å². The maximum atomic E-state index is 14.6. The Morgan fingerprint density at radius 1 is 0.521 bits per heavy atom. The first-order valence-corrected chi connectivity index (χ1v) is 14.6. The minimum absolute atomic E-state index is 0.0817. The number of carbonyl (C=O) groups is 2. The summed E-state index contributed by atoms with van der Waals surface area (Å²) >= 11 is 0. The minimum atomic E-state index is -5.86. The zero-order valence-corrected chi connectivity index (χ0v) is 26.5. The number of rotatable bonds is 9. The van der Waals surface area contributed by atoms with Gasteiger partial charge in [-0.2, -0.15) is 26.3 Å². The number of halogens is 6. The maximum absolute atomic E-state index is 14.6. The molecule has 6 nitrogen and oxygen atoms in total. The van der Waals surface area contributed by atoms with Gasteiger partial charge in [-0.25, -0.2) is 9.59 Å². The first-order chi connectivity index (χ1) is 22.3.